The second-order valence-electron chi connectivity index (χ2n) is 8.65. The third kappa shape index (κ3) is 6.02. The quantitative estimate of drug-likeness (QED) is 0.272. The van der Waals surface area contributed by atoms with E-state index < -0.39 is 23.8 Å². The highest BCUT2D eigenvalue weighted by atomic mass is 16.5. The number of amides is 5. The van der Waals surface area contributed by atoms with Crippen molar-refractivity contribution in [2.24, 2.45) is 0 Å². The molecule has 1 aliphatic rings. The number of nitrogens with one attached hydrogen (secondary N) is 2. The Labute approximate surface area is 224 Å². The highest BCUT2D eigenvalue weighted by molar-refractivity contribution is 6.39. The van der Waals surface area contributed by atoms with Gasteiger partial charge in [-0.3, -0.25) is 19.7 Å². The highest BCUT2D eigenvalue weighted by Gasteiger charge is 2.36. The second kappa shape index (κ2) is 11.4. The van der Waals surface area contributed by atoms with Crippen LogP contribution < -0.4 is 20.3 Å². The molecule has 10 nitrogen and oxygen atoms in total. The van der Waals surface area contributed by atoms with Crippen LogP contribution in [0.5, 0.6) is 5.75 Å². The number of carbonyl (C=O) groups excluding carboxylic acids is 5. The minimum Gasteiger partial charge on any atom is -0.484 e. The van der Waals surface area contributed by atoms with E-state index in [1.807, 2.05) is 32.0 Å². The normalized spacial score (nSPS) is 14.2. The van der Waals surface area contributed by atoms with Crippen LogP contribution in [-0.2, 0) is 19.1 Å². The molecule has 198 valence electrons. The van der Waals surface area contributed by atoms with Crippen LogP contribution in [0.3, 0.4) is 0 Å². The summed E-state index contributed by atoms with van der Waals surface area (Å²) in [6.45, 7) is 3.68. The lowest BCUT2D eigenvalue weighted by Gasteiger charge is -2.26. The molecule has 3 aromatic rings. The number of benzene rings is 3. The summed E-state index contributed by atoms with van der Waals surface area (Å²) in [5.74, 6) is -2.13. The molecular weight excluding hydrogens is 502 g/mol. The molecule has 0 bridgehead atoms. The van der Waals surface area contributed by atoms with Crippen molar-refractivity contribution in [1.82, 2.24) is 5.32 Å². The van der Waals surface area contributed by atoms with Crippen LogP contribution in [-0.4, -0.2) is 43.4 Å². The molecule has 0 spiro atoms. The van der Waals surface area contributed by atoms with Gasteiger partial charge in [0.1, 0.15) is 11.3 Å². The maximum absolute atomic E-state index is 13.1. The number of anilines is 2. The van der Waals surface area contributed by atoms with Crippen molar-refractivity contribution in [3.05, 3.63) is 94.6 Å². The number of nitrogens with zero attached hydrogens (tertiary/aromatic N) is 1. The Bertz CT molecular complexity index is 1490. The van der Waals surface area contributed by atoms with Crippen LogP contribution in [0.15, 0.2) is 72.3 Å². The number of esters is 1. The molecule has 1 fully saturated rings. The first-order valence-corrected chi connectivity index (χ1v) is 11.9. The van der Waals surface area contributed by atoms with Gasteiger partial charge in [0, 0.05) is 5.69 Å². The SMILES string of the molecule is COC(=O)c1ccc(N2C(=O)NC(=O)/C(=C/c3ccc(OCC(=O)Nc4cccc(C)c4C)cc3)C2=O)cc1. The van der Waals surface area contributed by atoms with E-state index in [1.54, 1.807) is 24.3 Å². The van der Waals surface area contributed by atoms with Crippen LogP contribution in [0, 0.1) is 13.8 Å². The van der Waals surface area contributed by atoms with E-state index in [2.05, 4.69) is 15.4 Å². The molecule has 4 rings (SSSR count). The van der Waals surface area contributed by atoms with E-state index in [4.69, 9.17) is 4.74 Å². The lowest BCUT2D eigenvalue weighted by Crippen LogP contribution is -2.54. The van der Waals surface area contributed by atoms with Crippen molar-refractivity contribution in [2.45, 2.75) is 13.8 Å². The summed E-state index contributed by atoms with van der Waals surface area (Å²) in [6, 6.07) is 16.8. The zero-order valence-corrected chi connectivity index (χ0v) is 21.4. The van der Waals surface area contributed by atoms with Gasteiger partial charge in [-0.2, -0.15) is 0 Å². The topological polar surface area (TPSA) is 131 Å². The summed E-state index contributed by atoms with van der Waals surface area (Å²) in [5.41, 5.74) is 3.40. The van der Waals surface area contributed by atoms with Gasteiger partial charge in [-0.1, -0.05) is 24.3 Å². The lowest BCUT2D eigenvalue weighted by atomic mass is 10.1. The molecule has 1 saturated heterocycles. The number of urea groups is 1. The van der Waals surface area contributed by atoms with E-state index >= 15 is 0 Å². The number of imide groups is 2. The van der Waals surface area contributed by atoms with Crippen molar-refractivity contribution in [3.8, 4) is 5.75 Å². The molecule has 0 aromatic heterocycles. The minimum atomic E-state index is -0.907. The number of hydrogen-bond acceptors (Lipinski definition) is 7. The summed E-state index contributed by atoms with van der Waals surface area (Å²) in [4.78, 5) is 62.7. The Balaban J connectivity index is 1.43. The van der Waals surface area contributed by atoms with Gasteiger partial charge < -0.3 is 14.8 Å². The first-order valence-electron chi connectivity index (χ1n) is 11.9. The molecule has 0 saturated carbocycles. The fraction of sp³-hybridized carbons (Fsp3) is 0.138. The van der Waals surface area contributed by atoms with Crippen molar-refractivity contribution < 1.29 is 33.4 Å². The number of ether oxygens (including phenoxy) is 2. The second-order valence-corrected chi connectivity index (χ2v) is 8.65. The van der Waals surface area contributed by atoms with E-state index in [1.165, 1.54) is 37.5 Å². The van der Waals surface area contributed by atoms with Crippen molar-refractivity contribution >= 4 is 47.2 Å². The smallest absolute Gasteiger partial charge is 0.337 e. The molecule has 39 heavy (non-hydrogen) atoms. The van der Waals surface area contributed by atoms with Crippen molar-refractivity contribution in [3.63, 3.8) is 0 Å². The van der Waals surface area contributed by atoms with Crippen LogP contribution >= 0.6 is 0 Å². The number of rotatable bonds is 7. The summed E-state index contributed by atoms with van der Waals surface area (Å²) in [7, 11) is 1.24. The van der Waals surface area contributed by atoms with E-state index in [9.17, 15) is 24.0 Å². The third-order valence-corrected chi connectivity index (χ3v) is 6.09. The van der Waals surface area contributed by atoms with Gasteiger partial charge in [-0.05, 0) is 79.1 Å². The Morgan fingerprint density at radius 2 is 1.64 bits per heavy atom. The molecule has 2 N–H and O–H groups in total. The van der Waals surface area contributed by atoms with Crippen LogP contribution in [0.4, 0.5) is 16.2 Å². The van der Waals surface area contributed by atoms with Gasteiger partial charge >= 0.3 is 12.0 Å². The maximum atomic E-state index is 13.1. The summed E-state index contributed by atoms with van der Waals surface area (Å²) in [5, 5.41) is 4.97. The maximum Gasteiger partial charge on any atom is 0.337 e. The van der Waals surface area contributed by atoms with E-state index in [-0.39, 0.29) is 29.3 Å². The Kier molecular flexibility index (Phi) is 7.85. The number of barbiturate groups is 1. The molecule has 0 aliphatic carbocycles. The zero-order valence-electron chi connectivity index (χ0n) is 21.4. The minimum absolute atomic E-state index is 0.173. The molecule has 1 aliphatic heterocycles. The molecule has 3 aromatic carbocycles. The molecule has 1 heterocycles. The number of hydrogen-bond donors (Lipinski definition) is 2. The van der Waals surface area contributed by atoms with Crippen LogP contribution in [0.1, 0.15) is 27.0 Å². The van der Waals surface area contributed by atoms with Crippen LogP contribution in [0.2, 0.25) is 0 Å². The standard InChI is InChI=1S/C29H25N3O7/c1-17-5-4-6-24(18(17)2)30-25(33)16-39-22-13-7-19(8-14-22)15-23-26(34)31-29(37)32(27(23)35)21-11-9-20(10-12-21)28(36)38-3/h4-15H,16H2,1-3H3,(H,30,33)(H,31,34,37)/b23-15-. The molecule has 0 radical (unpaired) electrons. The fourth-order valence-corrected chi connectivity index (χ4v) is 3.81. The molecule has 10 heteroatoms. The van der Waals surface area contributed by atoms with Gasteiger partial charge in [-0.15, -0.1) is 0 Å². The summed E-state index contributed by atoms with van der Waals surface area (Å²) in [6.07, 6.45) is 1.34. The molecule has 0 atom stereocenters. The summed E-state index contributed by atoms with van der Waals surface area (Å²) < 4.78 is 10.2. The largest absolute Gasteiger partial charge is 0.484 e. The van der Waals surface area contributed by atoms with Crippen molar-refractivity contribution in [1.29, 1.82) is 0 Å². The zero-order chi connectivity index (χ0) is 28.1. The van der Waals surface area contributed by atoms with Gasteiger partial charge in [0.2, 0.25) is 0 Å². The Morgan fingerprint density at radius 3 is 2.31 bits per heavy atom. The van der Waals surface area contributed by atoms with Gasteiger partial charge in [-0.25, -0.2) is 14.5 Å². The van der Waals surface area contributed by atoms with Crippen LogP contribution in [0.25, 0.3) is 6.08 Å². The molecule has 5 amide bonds. The van der Waals surface area contributed by atoms with Crippen molar-refractivity contribution in [2.75, 3.05) is 23.9 Å². The Morgan fingerprint density at radius 1 is 0.949 bits per heavy atom. The number of methoxy groups -OCH3 is 1. The monoisotopic (exact) mass is 527 g/mol. The number of aryl methyl sites for hydroxylation is 1. The third-order valence-electron chi connectivity index (χ3n) is 6.09. The summed E-state index contributed by atoms with van der Waals surface area (Å²) >= 11 is 0. The number of carbonyl (C=O) groups is 5. The first-order chi connectivity index (χ1) is 18.7. The van der Waals surface area contributed by atoms with Gasteiger partial charge in [0.15, 0.2) is 6.61 Å². The highest BCUT2D eigenvalue weighted by Crippen LogP contribution is 2.23. The van der Waals surface area contributed by atoms with E-state index in [0.717, 1.165) is 16.0 Å². The average Bonchev–Trinajstić information content (AvgIpc) is 2.93. The fourth-order valence-electron chi connectivity index (χ4n) is 3.81. The predicted octanol–water partition coefficient (Wildman–Crippen LogP) is 3.77. The lowest BCUT2D eigenvalue weighted by molar-refractivity contribution is -0.122. The average molecular weight is 528 g/mol. The van der Waals surface area contributed by atoms with E-state index in [0.29, 0.717) is 17.0 Å². The van der Waals surface area contributed by atoms with Gasteiger partial charge in [0.05, 0.1) is 18.4 Å². The Hall–Kier alpha value is -5.25. The first kappa shape index (κ1) is 26.8. The predicted molar refractivity (Wildman–Crippen MR) is 143 cm³/mol. The van der Waals surface area contributed by atoms with Gasteiger partial charge in [0.25, 0.3) is 17.7 Å². The molecule has 0 unspecified atom stereocenters. The molecular formula is C29H25N3O7.